The van der Waals surface area contributed by atoms with E-state index >= 15 is 0 Å². The Morgan fingerprint density at radius 2 is 2.32 bits per heavy atom. The molecule has 1 unspecified atom stereocenters. The van der Waals surface area contributed by atoms with Gasteiger partial charge in [-0.3, -0.25) is 4.79 Å². The first-order valence-corrected chi connectivity index (χ1v) is 6.49. The predicted octanol–water partition coefficient (Wildman–Crippen LogP) is 2.63. The molecular formula is C15H22N2O2. The van der Waals surface area contributed by atoms with Crippen LogP contribution in [0.3, 0.4) is 0 Å². The lowest BCUT2D eigenvalue weighted by atomic mass is 10.1. The van der Waals surface area contributed by atoms with Gasteiger partial charge in [-0.15, -0.1) is 6.58 Å². The molecule has 0 aliphatic rings. The summed E-state index contributed by atoms with van der Waals surface area (Å²) in [4.78, 5) is 11.9. The second-order valence-electron chi connectivity index (χ2n) is 4.47. The van der Waals surface area contributed by atoms with Crippen LogP contribution in [0.25, 0.3) is 0 Å². The van der Waals surface area contributed by atoms with Crippen LogP contribution in [0.4, 0.5) is 5.69 Å². The third kappa shape index (κ3) is 4.75. The van der Waals surface area contributed by atoms with Crippen LogP contribution in [0.15, 0.2) is 30.9 Å². The molecule has 0 heterocycles. The van der Waals surface area contributed by atoms with Gasteiger partial charge in [-0.2, -0.15) is 0 Å². The fraction of sp³-hybridized carbons (Fsp3) is 0.400. The number of amides is 1. The van der Waals surface area contributed by atoms with Crippen LogP contribution in [-0.4, -0.2) is 18.6 Å². The Morgan fingerprint density at radius 3 is 2.95 bits per heavy atom. The zero-order valence-electron chi connectivity index (χ0n) is 11.6. The Hall–Kier alpha value is -1.81. The Morgan fingerprint density at radius 1 is 1.58 bits per heavy atom. The van der Waals surface area contributed by atoms with Crippen molar-refractivity contribution < 1.29 is 9.53 Å². The van der Waals surface area contributed by atoms with Crippen LogP contribution in [0.2, 0.25) is 0 Å². The molecule has 1 aromatic carbocycles. The maximum Gasteiger partial charge on any atom is 0.241 e. The van der Waals surface area contributed by atoms with Gasteiger partial charge in [-0.05, 0) is 37.5 Å². The number of nitrogens with two attached hydrogens (primary N) is 1. The first kappa shape index (κ1) is 15.2. The summed E-state index contributed by atoms with van der Waals surface area (Å²) in [5, 5.41) is 2.79. The van der Waals surface area contributed by atoms with Gasteiger partial charge in [0.1, 0.15) is 5.75 Å². The summed E-state index contributed by atoms with van der Waals surface area (Å²) in [7, 11) is 0. The normalized spacial score (nSPS) is 11.7. The SMILES string of the molecule is C=CCC(N)C(=O)Nc1ccc(C)cc1OCCC. The molecule has 4 nitrogen and oxygen atoms in total. The van der Waals surface area contributed by atoms with Crippen molar-refractivity contribution in [3.63, 3.8) is 0 Å². The van der Waals surface area contributed by atoms with Gasteiger partial charge in [-0.1, -0.05) is 19.1 Å². The molecule has 3 N–H and O–H groups in total. The minimum absolute atomic E-state index is 0.231. The molecule has 104 valence electrons. The van der Waals surface area contributed by atoms with Gasteiger partial charge in [-0.25, -0.2) is 0 Å². The van der Waals surface area contributed by atoms with Crippen molar-refractivity contribution in [1.29, 1.82) is 0 Å². The number of carbonyl (C=O) groups is 1. The highest BCUT2D eigenvalue weighted by atomic mass is 16.5. The maximum absolute atomic E-state index is 11.9. The number of nitrogens with one attached hydrogen (secondary N) is 1. The van der Waals surface area contributed by atoms with Gasteiger partial charge >= 0.3 is 0 Å². The first-order valence-electron chi connectivity index (χ1n) is 6.49. The summed E-state index contributed by atoms with van der Waals surface area (Å²) in [6.45, 7) is 8.21. The second-order valence-corrected chi connectivity index (χ2v) is 4.47. The van der Waals surface area contributed by atoms with Crippen molar-refractivity contribution in [2.75, 3.05) is 11.9 Å². The zero-order chi connectivity index (χ0) is 14.3. The van der Waals surface area contributed by atoms with Gasteiger partial charge in [0, 0.05) is 0 Å². The summed E-state index contributed by atoms with van der Waals surface area (Å²) < 4.78 is 5.63. The van der Waals surface area contributed by atoms with Crippen molar-refractivity contribution in [3.05, 3.63) is 36.4 Å². The lowest BCUT2D eigenvalue weighted by molar-refractivity contribution is -0.117. The number of hydrogen-bond donors (Lipinski definition) is 2. The molecular weight excluding hydrogens is 240 g/mol. The molecule has 0 fully saturated rings. The van der Waals surface area contributed by atoms with Gasteiger partial charge in [0.2, 0.25) is 5.91 Å². The van der Waals surface area contributed by atoms with E-state index in [-0.39, 0.29) is 5.91 Å². The molecule has 0 aromatic heterocycles. The molecule has 4 heteroatoms. The van der Waals surface area contributed by atoms with Crippen molar-refractivity contribution in [2.24, 2.45) is 5.73 Å². The average molecular weight is 262 g/mol. The van der Waals surface area contributed by atoms with Gasteiger partial charge in [0.15, 0.2) is 0 Å². The Bertz CT molecular complexity index is 444. The number of benzene rings is 1. The van der Waals surface area contributed by atoms with E-state index in [1.54, 1.807) is 6.08 Å². The Balaban J connectivity index is 2.81. The predicted molar refractivity (Wildman–Crippen MR) is 78.4 cm³/mol. The van der Waals surface area contributed by atoms with Crippen LogP contribution >= 0.6 is 0 Å². The molecule has 0 aliphatic heterocycles. The lowest BCUT2D eigenvalue weighted by Crippen LogP contribution is -2.35. The summed E-state index contributed by atoms with van der Waals surface area (Å²) in [5.74, 6) is 0.450. The quantitative estimate of drug-likeness (QED) is 0.742. The zero-order valence-corrected chi connectivity index (χ0v) is 11.6. The monoisotopic (exact) mass is 262 g/mol. The summed E-state index contributed by atoms with van der Waals surface area (Å²) in [6.07, 6.45) is 2.99. The fourth-order valence-corrected chi connectivity index (χ4v) is 1.58. The van der Waals surface area contributed by atoms with E-state index in [1.807, 2.05) is 32.0 Å². The molecule has 1 atom stereocenters. The van der Waals surface area contributed by atoms with Crippen molar-refractivity contribution in [3.8, 4) is 5.75 Å². The number of anilines is 1. The van der Waals surface area contributed by atoms with Crippen LogP contribution in [0.5, 0.6) is 5.75 Å². The van der Waals surface area contributed by atoms with E-state index in [9.17, 15) is 4.79 Å². The van der Waals surface area contributed by atoms with Crippen molar-refractivity contribution in [2.45, 2.75) is 32.7 Å². The highest BCUT2D eigenvalue weighted by Crippen LogP contribution is 2.26. The molecule has 0 bridgehead atoms. The first-order chi connectivity index (χ1) is 9.08. The van der Waals surface area contributed by atoms with Gasteiger partial charge in [0.25, 0.3) is 0 Å². The highest BCUT2D eigenvalue weighted by molar-refractivity contribution is 5.96. The number of carbonyl (C=O) groups excluding carboxylic acids is 1. The van der Waals surface area contributed by atoms with Crippen LogP contribution in [0.1, 0.15) is 25.3 Å². The van der Waals surface area contributed by atoms with Crippen molar-refractivity contribution in [1.82, 2.24) is 0 Å². The molecule has 0 radical (unpaired) electrons. The standard InChI is InChI=1S/C15H22N2O2/c1-4-6-12(16)15(18)17-13-8-7-11(3)10-14(13)19-9-5-2/h4,7-8,10,12H,1,5-6,9,16H2,2-3H3,(H,17,18). The topological polar surface area (TPSA) is 64.4 Å². The number of hydrogen-bond acceptors (Lipinski definition) is 3. The molecule has 0 spiro atoms. The van der Waals surface area contributed by atoms with Crippen LogP contribution in [-0.2, 0) is 4.79 Å². The molecule has 1 amide bonds. The van der Waals surface area contributed by atoms with E-state index in [4.69, 9.17) is 10.5 Å². The Kier molecular flexibility index (Phi) is 6.09. The van der Waals surface area contributed by atoms with Crippen LogP contribution in [0, 0.1) is 6.92 Å². The summed E-state index contributed by atoms with van der Waals surface area (Å²) >= 11 is 0. The molecule has 19 heavy (non-hydrogen) atoms. The minimum atomic E-state index is -0.585. The number of rotatable bonds is 7. The maximum atomic E-state index is 11.9. The van der Waals surface area contributed by atoms with E-state index in [1.165, 1.54) is 0 Å². The van der Waals surface area contributed by atoms with E-state index < -0.39 is 6.04 Å². The molecule has 1 aromatic rings. The molecule has 0 saturated carbocycles. The van der Waals surface area contributed by atoms with E-state index in [0.717, 1.165) is 12.0 Å². The average Bonchev–Trinajstić information content (AvgIpc) is 2.39. The minimum Gasteiger partial charge on any atom is -0.491 e. The number of aryl methyl sites for hydroxylation is 1. The molecule has 0 saturated heterocycles. The molecule has 1 rings (SSSR count). The third-order valence-electron chi connectivity index (χ3n) is 2.61. The summed E-state index contributed by atoms with van der Waals surface area (Å²) in [5.41, 5.74) is 7.47. The van der Waals surface area contributed by atoms with Gasteiger partial charge < -0.3 is 15.8 Å². The van der Waals surface area contributed by atoms with Gasteiger partial charge in [0.05, 0.1) is 18.3 Å². The van der Waals surface area contributed by atoms with E-state index in [2.05, 4.69) is 11.9 Å². The number of ether oxygens (including phenoxy) is 1. The van der Waals surface area contributed by atoms with E-state index in [0.29, 0.717) is 24.5 Å². The lowest BCUT2D eigenvalue weighted by Gasteiger charge is -2.15. The van der Waals surface area contributed by atoms with Crippen molar-refractivity contribution >= 4 is 11.6 Å². The third-order valence-corrected chi connectivity index (χ3v) is 2.61. The Labute approximate surface area is 114 Å². The highest BCUT2D eigenvalue weighted by Gasteiger charge is 2.14. The second kappa shape index (κ2) is 7.59. The van der Waals surface area contributed by atoms with Crippen LogP contribution < -0.4 is 15.8 Å². The summed E-state index contributed by atoms with van der Waals surface area (Å²) in [6, 6.07) is 5.08. The largest absolute Gasteiger partial charge is 0.491 e. The molecule has 0 aliphatic carbocycles. The fourth-order valence-electron chi connectivity index (χ4n) is 1.58. The smallest absolute Gasteiger partial charge is 0.241 e.